The minimum absolute atomic E-state index is 0.0219. The van der Waals surface area contributed by atoms with Crippen molar-refractivity contribution < 1.29 is 9.53 Å². The lowest BCUT2D eigenvalue weighted by molar-refractivity contribution is -0.122. The van der Waals surface area contributed by atoms with Crippen LogP contribution in [0.25, 0.3) is 0 Å². The summed E-state index contributed by atoms with van der Waals surface area (Å²) in [7, 11) is 0. The lowest BCUT2D eigenvalue weighted by atomic mass is 10.1. The van der Waals surface area contributed by atoms with Gasteiger partial charge in [-0.2, -0.15) is 0 Å². The van der Waals surface area contributed by atoms with Gasteiger partial charge in [0.1, 0.15) is 5.75 Å². The summed E-state index contributed by atoms with van der Waals surface area (Å²) in [5.41, 5.74) is 6.71. The van der Waals surface area contributed by atoms with Gasteiger partial charge in [0.05, 0.1) is 13.0 Å². The Labute approximate surface area is 119 Å². The predicted molar refractivity (Wildman–Crippen MR) is 77.4 cm³/mol. The lowest BCUT2D eigenvalue weighted by Crippen LogP contribution is -2.31. The van der Waals surface area contributed by atoms with Crippen molar-refractivity contribution in [2.45, 2.75) is 39.3 Å². The Kier molecular flexibility index (Phi) is 6.12. The number of amides is 1. The molecule has 0 saturated carbocycles. The first-order valence-corrected chi connectivity index (χ1v) is 6.75. The smallest absolute Gasteiger partial charge is 0.223 e. The minimum atomic E-state index is -0.168. The molecule has 5 heteroatoms. The second-order valence-corrected chi connectivity index (χ2v) is 5.23. The molecule has 1 amide bonds. The predicted octanol–water partition coefficient (Wildman–Crippen LogP) is 2.65. The average Bonchev–Trinajstić information content (AvgIpc) is 2.29. The summed E-state index contributed by atoms with van der Waals surface area (Å²) < 4.78 is 5.61. The van der Waals surface area contributed by atoms with Crippen LogP contribution in [0.15, 0.2) is 18.2 Å². The highest BCUT2D eigenvalue weighted by atomic mass is 35.5. The van der Waals surface area contributed by atoms with Gasteiger partial charge in [-0.15, -0.1) is 0 Å². The highest BCUT2D eigenvalue weighted by molar-refractivity contribution is 6.30. The number of carbonyl (C=O) groups is 1. The molecule has 0 aliphatic rings. The Morgan fingerprint density at radius 2 is 2.11 bits per heavy atom. The third kappa shape index (κ3) is 5.49. The minimum Gasteiger partial charge on any atom is -0.493 e. The maximum Gasteiger partial charge on any atom is 0.223 e. The molecule has 1 aromatic rings. The maximum atomic E-state index is 11.5. The highest BCUT2D eigenvalue weighted by Gasteiger charge is 2.10. The molecule has 1 rings (SSSR count). The largest absolute Gasteiger partial charge is 0.493 e. The van der Waals surface area contributed by atoms with Crippen LogP contribution in [0.4, 0.5) is 0 Å². The van der Waals surface area contributed by atoms with Crippen molar-refractivity contribution in [3.8, 4) is 5.75 Å². The van der Waals surface area contributed by atoms with Gasteiger partial charge in [-0.25, -0.2) is 0 Å². The van der Waals surface area contributed by atoms with Crippen LogP contribution in [0.3, 0.4) is 0 Å². The molecule has 19 heavy (non-hydrogen) atoms. The normalized spacial score (nSPS) is 12.3. The standard InChI is InChI=1S/C14H21ClN2O2/c1-9(2)17-14(18)6-7-19-13-5-4-11(15)8-12(13)10(3)16/h4-5,8-10H,6-7,16H2,1-3H3,(H,17,18)/t10-/m1/s1. The number of benzene rings is 1. The van der Waals surface area contributed by atoms with Crippen LogP contribution in [0.2, 0.25) is 5.02 Å². The second-order valence-electron chi connectivity index (χ2n) is 4.79. The highest BCUT2D eigenvalue weighted by Crippen LogP contribution is 2.27. The molecule has 0 aliphatic heterocycles. The molecule has 1 aromatic carbocycles. The molecular weight excluding hydrogens is 264 g/mol. The van der Waals surface area contributed by atoms with E-state index in [9.17, 15) is 4.79 Å². The van der Waals surface area contributed by atoms with Gasteiger partial charge in [0, 0.05) is 22.7 Å². The van der Waals surface area contributed by atoms with Crippen LogP contribution in [-0.4, -0.2) is 18.6 Å². The van der Waals surface area contributed by atoms with Crippen LogP contribution >= 0.6 is 11.6 Å². The first kappa shape index (κ1) is 15.8. The lowest BCUT2D eigenvalue weighted by Gasteiger charge is -2.14. The first-order valence-electron chi connectivity index (χ1n) is 6.37. The number of ether oxygens (including phenoxy) is 1. The topological polar surface area (TPSA) is 64.3 Å². The van der Waals surface area contributed by atoms with E-state index in [1.165, 1.54) is 0 Å². The molecule has 0 bridgehead atoms. The molecule has 0 saturated heterocycles. The van der Waals surface area contributed by atoms with E-state index in [1.54, 1.807) is 18.2 Å². The fourth-order valence-electron chi connectivity index (χ4n) is 1.65. The summed E-state index contributed by atoms with van der Waals surface area (Å²) in [6.45, 7) is 6.03. The van der Waals surface area contributed by atoms with E-state index in [0.29, 0.717) is 23.8 Å². The van der Waals surface area contributed by atoms with E-state index in [2.05, 4.69) is 5.32 Å². The molecule has 106 valence electrons. The van der Waals surface area contributed by atoms with Crippen molar-refractivity contribution in [2.24, 2.45) is 5.73 Å². The zero-order chi connectivity index (χ0) is 14.4. The third-order valence-corrected chi connectivity index (χ3v) is 2.73. The van der Waals surface area contributed by atoms with Crippen LogP contribution in [0, 0.1) is 0 Å². The molecule has 0 heterocycles. The van der Waals surface area contributed by atoms with Gasteiger partial charge in [-0.05, 0) is 39.0 Å². The summed E-state index contributed by atoms with van der Waals surface area (Å²) in [6.07, 6.45) is 0.319. The number of rotatable bonds is 6. The van der Waals surface area contributed by atoms with Gasteiger partial charge >= 0.3 is 0 Å². The molecule has 0 radical (unpaired) electrons. The van der Waals surface area contributed by atoms with Crippen molar-refractivity contribution in [3.63, 3.8) is 0 Å². The number of nitrogens with one attached hydrogen (secondary N) is 1. The van der Waals surface area contributed by atoms with Gasteiger partial charge < -0.3 is 15.8 Å². The summed E-state index contributed by atoms with van der Waals surface area (Å²) in [4.78, 5) is 11.5. The Hall–Kier alpha value is -1.26. The third-order valence-electron chi connectivity index (χ3n) is 2.50. The van der Waals surface area contributed by atoms with Gasteiger partial charge in [-0.1, -0.05) is 11.6 Å². The van der Waals surface area contributed by atoms with E-state index in [0.717, 1.165) is 5.56 Å². The van der Waals surface area contributed by atoms with Gasteiger partial charge in [0.15, 0.2) is 0 Å². The molecule has 4 nitrogen and oxygen atoms in total. The number of hydrogen-bond donors (Lipinski definition) is 2. The van der Waals surface area contributed by atoms with Crippen LogP contribution < -0.4 is 15.8 Å². The average molecular weight is 285 g/mol. The van der Waals surface area contributed by atoms with Crippen molar-refractivity contribution in [1.29, 1.82) is 0 Å². The van der Waals surface area contributed by atoms with E-state index in [-0.39, 0.29) is 18.0 Å². The molecule has 1 atom stereocenters. The van der Waals surface area contributed by atoms with Crippen LogP contribution in [0.1, 0.15) is 38.8 Å². The fourth-order valence-corrected chi connectivity index (χ4v) is 1.83. The van der Waals surface area contributed by atoms with Crippen molar-refractivity contribution in [1.82, 2.24) is 5.32 Å². The summed E-state index contributed by atoms with van der Waals surface area (Å²) >= 11 is 5.93. The number of hydrogen-bond acceptors (Lipinski definition) is 3. The molecule has 0 aromatic heterocycles. The van der Waals surface area contributed by atoms with E-state index < -0.39 is 0 Å². The Balaban J connectivity index is 2.56. The first-order chi connectivity index (χ1) is 8.90. The molecule has 0 aliphatic carbocycles. The van der Waals surface area contributed by atoms with Crippen LogP contribution in [-0.2, 0) is 4.79 Å². The molecule has 0 fully saturated rings. The molecular formula is C14H21ClN2O2. The summed E-state index contributed by atoms with van der Waals surface area (Å²) in [5, 5.41) is 3.43. The Morgan fingerprint density at radius 1 is 1.42 bits per heavy atom. The van der Waals surface area contributed by atoms with Crippen molar-refractivity contribution in [3.05, 3.63) is 28.8 Å². The quantitative estimate of drug-likeness (QED) is 0.844. The van der Waals surface area contributed by atoms with Gasteiger partial charge in [0.2, 0.25) is 5.91 Å². The van der Waals surface area contributed by atoms with Crippen molar-refractivity contribution >= 4 is 17.5 Å². The monoisotopic (exact) mass is 284 g/mol. The number of halogens is 1. The zero-order valence-electron chi connectivity index (χ0n) is 11.6. The van der Waals surface area contributed by atoms with Gasteiger partial charge in [0.25, 0.3) is 0 Å². The Bertz CT molecular complexity index is 433. The maximum absolute atomic E-state index is 11.5. The molecule has 0 unspecified atom stereocenters. The van der Waals surface area contributed by atoms with Crippen molar-refractivity contribution in [2.75, 3.05) is 6.61 Å². The van der Waals surface area contributed by atoms with E-state index in [1.807, 2.05) is 20.8 Å². The zero-order valence-corrected chi connectivity index (χ0v) is 12.3. The summed E-state index contributed by atoms with van der Waals surface area (Å²) in [5.74, 6) is 0.656. The van der Waals surface area contributed by atoms with E-state index >= 15 is 0 Å². The SMILES string of the molecule is CC(C)NC(=O)CCOc1ccc(Cl)cc1[C@@H](C)N. The van der Waals surface area contributed by atoms with Crippen LogP contribution in [0.5, 0.6) is 5.75 Å². The second kappa shape index (κ2) is 7.36. The molecule has 3 N–H and O–H groups in total. The number of nitrogens with two attached hydrogens (primary N) is 1. The van der Waals surface area contributed by atoms with E-state index in [4.69, 9.17) is 22.1 Å². The number of carbonyl (C=O) groups excluding carboxylic acids is 1. The fraction of sp³-hybridized carbons (Fsp3) is 0.500. The van der Waals surface area contributed by atoms with Gasteiger partial charge in [-0.3, -0.25) is 4.79 Å². The molecule has 0 spiro atoms. The Morgan fingerprint density at radius 3 is 2.68 bits per heavy atom. The summed E-state index contributed by atoms with van der Waals surface area (Å²) in [6, 6.07) is 5.29.